The molecule has 0 atom stereocenters. The summed E-state index contributed by atoms with van der Waals surface area (Å²) in [4.78, 5) is 55.2. The molecule has 0 aliphatic rings. The van der Waals surface area contributed by atoms with Gasteiger partial charge in [0.1, 0.15) is 11.6 Å². The molecule has 0 aliphatic heterocycles. The van der Waals surface area contributed by atoms with Crippen LogP contribution in [0.3, 0.4) is 0 Å². The van der Waals surface area contributed by atoms with Crippen molar-refractivity contribution >= 4 is 75.7 Å². The van der Waals surface area contributed by atoms with Gasteiger partial charge in [0, 0.05) is 72.4 Å². The van der Waals surface area contributed by atoms with Crippen LogP contribution >= 0.6 is 0 Å². The highest BCUT2D eigenvalue weighted by Crippen LogP contribution is 2.38. The summed E-state index contributed by atoms with van der Waals surface area (Å²) >= 11 is 0. The number of para-hydroxylation sites is 1. The van der Waals surface area contributed by atoms with Gasteiger partial charge in [-0.2, -0.15) is 0 Å². The Morgan fingerprint density at radius 3 is 0.903 bits per heavy atom. The quantitative estimate of drug-likeness (QED) is 0.126. The van der Waals surface area contributed by atoms with Gasteiger partial charge in [0.15, 0.2) is 46.6 Å². The zero-order valence-electron chi connectivity index (χ0n) is 69.6. The molecule has 17 aromatic carbocycles. The molecule has 0 aliphatic carbocycles. The Hall–Kier alpha value is -16.2. The zero-order chi connectivity index (χ0) is 84.5. The number of benzene rings is 17. The van der Waals surface area contributed by atoms with Crippen LogP contribution in [-0.2, 0) is 0 Å². The number of pyridine rings is 1. The highest BCUT2D eigenvalue weighted by molar-refractivity contribution is 6.26. The largest absolute Gasteiger partial charge is 0.256 e. The van der Waals surface area contributed by atoms with Gasteiger partial charge in [-0.1, -0.05) is 405 Å². The van der Waals surface area contributed by atoms with Crippen LogP contribution in [0.4, 0.5) is 0 Å². The van der Waals surface area contributed by atoms with E-state index < -0.39 is 0 Å². The Labute approximate surface area is 721 Å². The van der Waals surface area contributed by atoms with E-state index in [0.717, 1.165) is 83.8 Å². The first-order valence-electron chi connectivity index (χ1n) is 41.4. The Morgan fingerprint density at radius 1 is 0.169 bits per heavy atom. The van der Waals surface area contributed by atoms with Gasteiger partial charge >= 0.3 is 0 Å². The first-order valence-corrected chi connectivity index (χ1v) is 41.4. The molecule has 0 bridgehead atoms. The van der Waals surface area contributed by atoms with Crippen LogP contribution in [0.2, 0.25) is 0 Å². The van der Waals surface area contributed by atoms with E-state index in [4.69, 9.17) is 29.9 Å². The first-order chi connectivity index (χ1) is 61.0. The molecule has 0 spiro atoms. The van der Waals surface area contributed by atoms with Crippen molar-refractivity contribution < 1.29 is 0 Å². The molecule has 12 nitrogen and oxygen atoms in total. The van der Waals surface area contributed by atoms with E-state index in [0.29, 0.717) is 46.6 Å². The summed E-state index contributed by atoms with van der Waals surface area (Å²) < 4.78 is 0. The molecule has 594 valence electrons. The van der Waals surface area contributed by atoms with E-state index in [-0.39, 0.29) is 0 Å². The number of hydrogen-bond donors (Lipinski definition) is 0. The SMILES string of the molecule is Cc1ccc(-c2nc(-c3ccccc3)nc(-c3ccccc3)n2)cc1.Cc1ccc2c3ccccc3c3ccccc3c2c1.Cc1cccc(-c2nc(-c3ccccc3)nc(-c3ccccc3)n2)c1.Cc1cccc2c3ccccc3c3cccnc3c12.Cc1nc(-c2ccccc2)c2ccccc2n1.Cc1nc(-c2ccccc2)nc(-c2ccccc2)n1. The van der Waals surface area contributed by atoms with Crippen LogP contribution in [-0.4, -0.2) is 59.8 Å². The van der Waals surface area contributed by atoms with E-state index in [1.54, 1.807) is 0 Å². The van der Waals surface area contributed by atoms with Crippen molar-refractivity contribution in [2.24, 2.45) is 0 Å². The maximum Gasteiger partial charge on any atom is 0.164 e. The highest BCUT2D eigenvalue weighted by Gasteiger charge is 2.17. The zero-order valence-corrected chi connectivity index (χ0v) is 69.6. The Morgan fingerprint density at radius 2 is 0.468 bits per heavy atom. The van der Waals surface area contributed by atoms with Crippen molar-refractivity contribution in [2.75, 3.05) is 0 Å². The van der Waals surface area contributed by atoms with Crippen LogP contribution < -0.4 is 0 Å². The number of aryl methyl sites for hydroxylation is 6. The van der Waals surface area contributed by atoms with Gasteiger partial charge in [0.2, 0.25) is 0 Å². The van der Waals surface area contributed by atoms with E-state index in [1.165, 1.54) is 81.5 Å². The summed E-state index contributed by atoms with van der Waals surface area (Å²) in [5.74, 6) is 7.09. The van der Waals surface area contributed by atoms with Gasteiger partial charge in [-0.05, 0) is 114 Å². The molecular formula is C112H86N12. The number of aromatic nitrogens is 12. The predicted octanol–water partition coefficient (Wildman–Crippen LogP) is 27.8. The fourth-order valence-electron chi connectivity index (χ4n) is 15.3. The fourth-order valence-corrected chi connectivity index (χ4v) is 15.3. The minimum absolute atomic E-state index is 0.685. The van der Waals surface area contributed by atoms with Gasteiger partial charge in [-0.25, -0.2) is 54.8 Å². The van der Waals surface area contributed by atoms with Crippen molar-refractivity contribution in [2.45, 2.75) is 41.5 Å². The lowest BCUT2D eigenvalue weighted by Gasteiger charge is -2.10. The lowest BCUT2D eigenvalue weighted by Crippen LogP contribution is -2.00. The second-order valence-electron chi connectivity index (χ2n) is 30.2. The van der Waals surface area contributed by atoms with Gasteiger partial charge in [0.25, 0.3) is 0 Å². The normalized spacial score (nSPS) is 10.8. The lowest BCUT2D eigenvalue weighted by molar-refractivity contribution is 0.992. The van der Waals surface area contributed by atoms with E-state index in [2.05, 4.69) is 215 Å². The summed E-state index contributed by atoms with van der Waals surface area (Å²) in [6.45, 7) is 12.3. The molecule has 0 amide bonds. The number of fused-ring (bicyclic) bond motifs is 13. The van der Waals surface area contributed by atoms with Crippen LogP contribution in [0, 0.1) is 41.5 Å². The van der Waals surface area contributed by atoms with E-state index in [1.807, 2.05) is 269 Å². The Balaban J connectivity index is 0.000000106. The summed E-state index contributed by atoms with van der Waals surface area (Å²) in [6, 6.07) is 138. The summed E-state index contributed by atoms with van der Waals surface area (Å²) in [5.41, 5.74) is 17.2. The molecule has 0 N–H and O–H groups in total. The number of nitrogens with zero attached hydrogens (tertiary/aromatic N) is 12. The van der Waals surface area contributed by atoms with Crippen LogP contribution in [0.5, 0.6) is 0 Å². The molecule has 12 heteroatoms. The molecule has 22 aromatic rings. The average Bonchev–Trinajstić information content (AvgIpc) is 0.749. The van der Waals surface area contributed by atoms with Crippen molar-refractivity contribution in [3.63, 3.8) is 0 Å². The third-order valence-electron chi connectivity index (χ3n) is 21.3. The van der Waals surface area contributed by atoms with Gasteiger partial charge < -0.3 is 0 Å². The lowest BCUT2D eigenvalue weighted by atomic mass is 9.93. The van der Waals surface area contributed by atoms with Crippen LogP contribution in [0.1, 0.15) is 33.9 Å². The molecule has 0 fully saturated rings. The summed E-state index contributed by atoms with van der Waals surface area (Å²) in [6.07, 6.45) is 1.88. The average molecular weight is 1600 g/mol. The second-order valence-corrected chi connectivity index (χ2v) is 30.2. The van der Waals surface area contributed by atoms with Crippen molar-refractivity contribution in [1.82, 2.24) is 59.8 Å². The molecule has 5 aromatic heterocycles. The van der Waals surface area contributed by atoms with Gasteiger partial charge in [0.05, 0.1) is 16.7 Å². The fraction of sp³-hybridized carbons (Fsp3) is 0.0536. The Kier molecular flexibility index (Phi) is 24.5. The molecule has 124 heavy (non-hydrogen) atoms. The summed E-state index contributed by atoms with van der Waals surface area (Å²) in [5, 5.41) is 15.6. The van der Waals surface area contributed by atoms with E-state index >= 15 is 0 Å². The standard InChI is InChI=1S/2C22H17N3.C19H14.C18H13N.C16H13N3.C15H12N2/c1-16-9-8-14-19(15-16)22-24-20(17-10-4-2-5-11-17)23-21(25-22)18-12-6-3-7-13-18;1-16-12-14-19(15-13-16)22-24-20(17-8-4-2-5-9-17)23-21(25-22)18-10-6-3-7-11-18;1-13-10-11-18-16-8-3-2-6-14(16)15-7-4-5-9-17(15)19(18)12-13;1-12-6-4-9-15-13-7-2-3-8-14(13)16-10-5-11-19-18(16)17(12)15;1-12-17-15(13-8-4-2-5-9-13)19-16(18-12)14-10-6-3-7-11-14;1-11-16-14-10-6-5-9-13(14)15(17-11)12-7-3-2-4-8-12/h2*2-15H,1H3;2-12H,1H3;2*2-11H,1H3;2-10H,1H3. The van der Waals surface area contributed by atoms with Crippen molar-refractivity contribution in [3.8, 4) is 102 Å². The molecule has 0 saturated carbocycles. The minimum Gasteiger partial charge on any atom is -0.256 e. The van der Waals surface area contributed by atoms with E-state index in [9.17, 15) is 0 Å². The third-order valence-corrected chi connectivity index (χ3v) is 21.3. The molecule has 0 unspecified atom stereocenters. The molecule has 5 heterocycles. The number of hydrogen-bond acceptors (Lipinski definition) is 12. The van der Waals surface area contributed by atoms with Gasteiger partial charge in [-0.3, -0.25) is 4.98 Å². The maximum atomic E-state index is 4.72. The minimum atomic E-state index is 0.685. The topological polar surface area (TPSA) is 155 Å². The molecule has 0 saturated heterocycles. The Bertz CT molecular complexity index is 7150. The maximum absolute atomic E-state index is 4.72. The smallest absolute Gasteiger partial charge is 0.164 e. The third kappa shape index (κ3) is 18.6. The monoisotopic (exact) mass is 1600 g/mol. The molecule has 0 radical (unpaired) electrons. The van der Waals surface area contributed by atoms with Crippen LogP contribution in [0.15, 0.2) is 413 Å². The summed E-state index contributed by atoms with van der Waals surface area (Å²) in [7, 11) is 0. The second kappa shape index (κ2) is 37.8. The van der Waals surface area contributed by atoms with Crippen molar-refractivity contribution in [1.29, 1.82) is 0 Å². The highest BCUT2D eigenvalue weighted by atomic mass is 15.1. The first kappa shape index (κ1) is 80.2. The number of rotatable bonds is 9. The van der Waals surface area contributed by atoms with Crippen molar-refractivity contribution in [3.05, 3.63) is 447 Å². The van der Waals surface area contributed by atoms with Gasteiger partial charge in [-0.15, -0.1) is 0 Å². The predicted molar refractivity (Wildman–Crippen MR) is 512 cm³/mol. The van der Waals surface area contributed by atoms with Crippen LogP contribution in [0.25, 0.3) is 178 Å². The molecular weight excluding hydrogens is 1510 g/mol. The molecule has 22 rings (SSSR count).